The molecule has 2 aromatic rings. The number of aromatic hydroxyl groups is 1. The Hall–Kier alpha value is -2.15. The molecule has 0 saturated heterocycles. The van der Waals surface area contributed by atoms with Gasteiger partial charge in [0.1, 0.15) is 5.75 Å². The number of rotatable bonds is 3. The molecule has 0 radical (unpaired) electrons. The lowest BCUT2D eigenvalue weighted by molar-refractivity contribution is 0.477. The fraction of sp³-hybridized carbons (Fsp3) is 0. The number of phenolic OH excluding ortho intramolecular Hbond substituents is 1. The van der Waals surface area contributed by atoms with E-state index in [1.807, 2.05) is 0 Å². The molecule has 0 aliphatic heterocycles. The first kappa shape index (κ1) is 13.3. The van der Waals surface area contributed by atoms with Gasteiger partial charge in [-0.05, 0) is 30.3 Å². The van der Waals surface area contributed by atoms with Gasteiger partial charge < -0.3 is 5.11 Å². The third-order valence-corrected chi connectivity index (χ3v) is 3.71. The summed E-state index contributed by atoms with van der Waals surface area (Å²) >= 11 is 0. The van der Waals surface area contributed by atoms with Gasteiger partial charge in [0.2, 0.25) is 0 Å². The molecule has 0 unspecified atom stereocenters. The zero-order chi connectivity index (χ0) is 14.0. The van der Waals surface area contributed by atoms with E-state index in [0.29, 0.717) is 6.07 Å². The fourth-order valence-electron chi connectivity index (χ4n) is 1.41. The predicted octanol–water partition coefficient (Wildman–Crippen LogP) is 2.47. The number of hydrogen-bond donors (Lipinski definition) is 2. The minimum Gasteiger partial charge on any atom is -0.506 e. The molecule has 0 atom stereocenters. The predicted molar refractivity (Wildman–Crippen MR) is 65.3 cm³/mol. The lowest BCUT2D eigenvalue weighted by Crippen LogP contribution is -2.13. The monoisotopic (exact) mass is 285 g/mol. The number of para-hydroxylation sites is 2. The highest BCUT2D eigenvalue weighted by Gasteiger charge is 2.17. The average molecular weight is 285 g/mol. The molecule has 0 aliphatic carbocycles. The molecule has 0 saturated carbocycles. The summed E-state index contributed by atoms with van der Waals surface area (Å²) in [5, 5.41) is 9.46. The van der Waals surface area contributed by atoms with Crippen molar-refractivity contribution in [1.29, 1.82) is 0 Å². The van der Waals surface area contributed by atoms with Crippen molar-refractivity contribution in [2.45, 2.75) is 4.90 Å². The molecule has 19 heavy (non-hydrogen) atoms. The van der Waals surface area contributed by atoms with Gasteiger partial charge in [-0.15, -0.1) is 0 Å². The van der Waals surface area contributed by atoms with Crippen molar-refractivity contribution in [2.24, 2.45) is 0 Å². The summed E-state index contributed by atoms with van der Waals surface area (Å²) in [6.07, 6.45) is 0. The summed E-state index contributed by atoms with van der Waals surface area (Å²) in [6.45, 7) is 0. The van der Waals surface area contributed by atoms with Gasteiger partial charge in [0.05, 0.1) is 10.6 Å². The average Bonchev–Trinajstić information content (AvgIpc) is 2.35. The number of anilines is 1. The molecule has 0 heterocycles. The number of halogens is 2. The van der Waals surface area contributed by atoms with E-state index in [9.17, 15) is 22.3 Å². The van der Waals surface area contributed by atoms with Crippen molar-refractivity contribution < 1.29 is 22.3 Å². The van der Waals surface area contributed by atoms with Crippen molar-refractivity contribution >= 4 is 15.7 Å². The van der Waals surface area contributed by atoms with Gasteiger partial charge in [0, 0.05) is 0 Å². The van der Waals surface area contributed by atoms with E-state index >= 15 is 0 Å². The molecule has 0 fully saturated rings. The van der Waals surface area contributed by atoms with Crippen LogP contribution in [-0.2, 0) is 10.0 Å². The molecule has 0 aromatic heterocycles. The summed E-state index contributed by atoms with van der Waals surface area (Å²) in [5.41, 5.74) is -0.0489. The van der Waals surface area contributed by atoms with Gasteiger partial charge in [-0.2, -0.15) is 0 Å². The Bertz CT molecular complexity index is 717. The molecule has 100 valence electrons. The molecule has 0 amide bonds. The summed E-state index contributed by atoms with van der Waals surface area (Å²) in [5.74, 6) is -2.67. The third-order valence-electron chi connectivity index (χ3n) is 2.35. The lowest BCUT2D eigenvalue weighted by atomic mass is 10.3. The number of benzene rings is 2. The Kier molecular flexibility index (Phi) is 3.39. The van der Waals surface area contributed by atoms with Gasteiger partial charge in [0.15, 0.2) is 11.6 Å². The molecule has 2 N–H and O–H groups in total. The number of hydrogen-bond acceptors (Lipinski definition) is 3. The second-order valence-corrected chi connectivity index (χ2v) is 5.38. The quantitative estimate of drug-likeness (QED) is 0.851. The van der Waals surface area contributed by atoms with Crippen LogP contribution in [0.25, 0.3) is 0 Å². The van der Waals surface area contributed by atoms with E-state index in [2.05, 4.69) is 4.72 Å². The summed E-state index contributed by atoms with van der Waals surface area (Å²) in [6, 6.07) is 7.89. The lowest BCUT2D eigenvalue weighted by Gasteiger charge is -2.09. The highest BCUT2D eigenvalue weighted by Crippen LogP contribution is 2.25. The minimum absolute atomic E-state index is 0.0489. The van der Waals surface area contributed by atoms with Gasteiger partial charge in [-0.25, -0.2) is 17.2 Å². The summed E-state index contributed by atoms with van der Waals surface area (Å²) in [7, 11) is -4.09. The standard InChI is InChI=1S/C12H9F2NO3S/c13-9-6-5-8(7-10(9)14)19(17,18)15-11-3-1-2-4-12(11)16/h1-7,15-16H. The van der Waals surface area contributed by atoms with Crippen molar-refractivity contribution in [3.63, 3.8) is 0 Å². The smallest absolute Gasteiger partial charge is 0.262 e. The molecule has 0 bridgehead atoms. The van der Waals surface area contributed by atoms with Crippen molar-refractivity contribution in [3.05, 3.63) is 54.1 Å². The van der Waals surface area contributed by atoms with Crippen LogP contribution in [0.1, 0.15) is 0 Å². The van der Waals surface area contributed by atoms with Gasteiger partial charge >= 0.3 is 0 Å². The Morgan fingerprint density at radius 3 is 2.32 bits per heavy atom. The molecule has 7 heteroatoms. The van der Waals surface area contributed by atoms with Crippen LogP contribution in [0.2, 0.25) is 0 Å². The minimum atomic E-state index is -4.09. The largest absolute Gasteiger partial charge is 0.506 e. The van der Waals surface area contributed by atoms with Crippen LogP contribution in [0.4, 0.5) is 14.5 Å². The van der Waals surface area contributed by atoms with Crippen molar-refractivity contribution in [2.75, 3.05) is 4.72 Å². The van der Waals surface area contributed by atoms with Crippen LogP contribution < -0.4 is 4.72 Å². The van der Waals surface area contributed by atoms with Crippen LogP contribution in [-0.4, -0.2) is 13.5 Å². The Labute approximate surface area is 108 Å². The third kappa shape index (κ3) is 2.82. The maximum Gasteiger partial charge on any atom is 0.262 e. The Morgan fingerprint density at radius 2 is 1.68 bits per heavy atom. The number of nitrogens with one attached hydrogen (secondary N) is 1. The zero-order valence-corrected chi connectivity index (χ0v) is 10.3. The van der Waals surface area contributed by atoms with E-state index in [1.165, 1.54) is 24.3 Å². The Balaban J connectivity index is 2.38. The van der Waals surface area contributed by atoms with Gasteiger partial charge in [0.25, 0.3) is 10.0 Å². The molecule has 2 rings (SSSR count). The van der Waals surface area contributed by atoms with E-state index in [-0.39, 0.29) is 11.4 Å². The molecule has 0 aliphatic rings. The van der Waals surface area contributed by atoms with Crippen LogP contribution in [0.3, 0.4) is 0 Å². The number of sulfonamides is 1. The van der Waals surface area contributed by atoms with Crippen LogP contribution >= 0.6 is 0 Å². The first-order chi connectivity index (χ1) is 8.90. The highest BCUT2D eigenvalue weighted by molar-refractivity contribution is 7.92. The second-order valence-electron chi connectivity index (χ2n) is 3.70. The van der Waals surface area contributed by atoms with E-state index in [4.69, 9.17) is 0 Å². The molecule has 4 nitrogen and oxygen atoms in total. The Morgan fingerprint density at radius 1 is 1.00 bits per heavy atom. The van der Waals surface area contributed by atoms with E-state index < -0.39 is 26.6 Å². The van der Waals surface area contributed by atoms with E-state index in [1.54, 1.807) is 0 Å². The maximum absolute atomic E-state index is 13.0. The normalized spacial score (nSPS) is 11.3. The second kappa shape index (κ2) is 4.85. The van der Waals surface area contributed by atoms with Crippen LogP contribution in [0, 0.1) is 11.6 Å². The van der Waals surface area contributed by atoms with E-state index in [0.717, 1.165) is 12.1 Å². The van der Waals surface area contributed by atoms with Crippen LogP contribution in [0.15, 0.2) is 47.4 Å². The molecule has 2 aromatic carbocycles. The van der Waals surface area contributed by atoms with Crippen molar-refractivity contribution in [3.8, 4) is 5.75 Å². The fourth-order valence-corrected chi connectivity index (χ4v) is 2.49. The van der Waals surface area contributed by atoms with Crippen molar-refractivity contribution in [1.82, 2.24) is 0 Å². The first-order valence-corrected chi connectivity index (χ1v) is 6.64. The molecule has 0 spiro atoms. The van der Waals surface area contributed by atoms with Gasteiger partial charge in [-0.1, -0.05) is 12.1 Å². The topological polar surface area (TPSA) is 66.4 Å². The van der Waals surface area contributed by atoms with Gasteiger partial charge in [-0.3, -0.25) is 4.72 Å². The molecular formula is C12H9F2NO3S. The first-order valence-electron chi connectivity index (χ1n) is 5.16. The maximum atomic E-state index is 13.0. The SMILES string of the molecule is O=S(=O)(Nc1ccccc1O)c1ccc(F)c(F)c1. The summed E-state index contributed by atoms with van der Waals surface area (Å²) in [4.78, 5) is -0.436. The number of phenols is 1. The zero-order valence-electron chi connectivity index (χ0n) is 9.47. The highest BCUT2D eigenvalue weighted by atomic mass is 32.2. The molecular weight excluding hydrogens is 276 g/mol. The summed E-state index contributed by atoms with van der Waals surface area (Å²) < 4.78 is 51.7. The van der Waals surface area contributed by atoms with Crippen LogP contribution in [0.5, 0.6) is 5.75 Å².